The van der Waals surface area contributed by atoms with Gasteiger partial charge in [0.15, 0.2) is 5.78 Å². The molecule has 0 spiro atoms. The van der Waals surface area contributed by atoms with Gasteiger partial charge in [0, 0.05) is 17.0 Å². The molecule has 0 heterocycles. The molecule has 3 aromatic rings. The molecule has 0 aliphatic rings. The maximum atomic E-state index is 13.0. The third-order valence-corrected chi connectivity index (χ3v) is 3.79. The molecule has 0 bridgehead atoms. The van der Waals surface area contributed by atoms with Gasteiger partial charge in [-0.25, -0.2) is 4.39 Å². The molecular weight excluding hydrogens is 287 g/mol. The van der Waals surface area contributed by atoms with E-state index >= 15 is 0 Å². The smallest absolute Gasteiger partial charge is 0.167 e. The molecule has 0 unspecified atom stereocenters. The molecular formula is C18H12ClFO. The minimum atomic E-state index is -0.401. The fraction of sp³-hybridized carbons (Fsp3) is 0.0556. The van der Waals surface area contributed by atoms with Gasteiger partial charge in [-0.15, -0.1) is 0 Å². The van der Waals surface area contributed by atoms with Gasteiger partial charge in [-0.05, 0) is 34.5 Å². The first-order valence-electron chi connectivity index (χ1n) is 6.59. The second-order valence-corrected chi connectivity index (χ2v) is 5.30. The number of rotatable bonds is 3. The van der Waals surface area contributed by atoms with Gasteiger partial charge in [-0.3, -0.25) is 4.79 Å². The van der Waals surface area contributed by atoms with Crippen LogP contribution in [0.2, 0.25) is 5.02 Å². The van der Waals surface area contributed by atoms with Crippen LogP contribution in [0.1, 0.15) is 15.9 Å². The van der Waals surface area contributed by atoms with Gasteiger partial charge in [0.1, 0.15) is 5.82 Å². The van der Waals surface area contributed by atoms with E-state index < -0.39 is 5.82 Å². The first-order chi connectivity index (χ1) is 10.1. The van der Waals surface area contributed by atoms with Crippen LogP contribution in [0, 0.1) is 5.82 Å². The summed E-state index contributed by atoms with van der Waals surface area (Å²) in [5.41, 5.74) is 1.27. The van der Waals surface area contributed by atoms with Crippen LogP contribution >= 0.6 is 11.6 Å². The molecule has 0 aromatic heterocycles. The molecule has 0 saturated heterocycles. The van der Waals surface area contributed by atoms with E-state index in [1.54, 1.807) is 6.07 Å². The van der Waals surface area contributed by atoms with Crippen molar-refractivity contribution in [2.24, 2.45) is 0 Å². The monoisotopic (exact) mass is 298 g/mol. The zero-order valence-electron chi connectivity index (χ0n) is 11.1. The second-order valence-electron chi connectivity index (χ2n) is 4.90. The Labute approximate surface area is 127 Å². The quantitative estimate of drug-likeness (QED) is 0.618. The lowest BCUT2D eigenvalue weighted by Gasteiger charge is -2.05. The summed E-state index contributed by atoms with van der Waals surface area (Å²) in [4.78, 5) is 12.3. The van der Waals surface area contributed by atoms with Crippen LogP contribution in [0.25, 0.3) is 10.8 Å². The fourth-order valence-electron chi connectivity index (χ4n) is 2.30. The average molecular weight is 299 g/mol. The van der Waals surface area contributed by atoms with Crippen LogP contribution in [0.3, 0.4) is 0 Å². The molecule has 0 fully saturated rings. The molecule has 0 radical (unpaired) electrons. The molecule has 104 valence electrons. The largest absolute Gasteiger partial charge is 0.294 e. The number of halogens is 2. The summed E-state index contributed by atoms with van der Waals surface area (Å²) in [5.74, 6) is -0.434. The van der Waals surface area contributed by atoms with E-state index in [9.17, 15) is 9.18 Å². The van der Waals surface area contributed by atoms with Crippen molar-refractivity contribution in [2.45, 2.75) is 6.42 Å². The first kappa shape index (κ1) is 13.8. The highest BCUT2D eigenvalue weighted by Crippen LogP contribution is 2.21. The molecule has 0 N–H and O–H groups in total. The summed E-state index contributed by atoms with van der Waals surface area (Å²) in [6, 6.07) is 17.6. The van der Waals surface area contributed by atoms with E-state index in [-0.39, 0.29) is 17.2 Å². The fourth-order valence-corrected chi connectivity index (χ4v) is 2.54. The van der Waals surface area contributed by atoms with Crippen molar-refractivity contribution >= 4 is 28.2 Å². The molecule has 0 atom stereocenters. The molecule has 3 heteroatoms. The molecule has 1 nitrogen and oxygen atoms in total. The van der Waals surface area contributed by atoms with E-state index in [0.717, 1.165) is 10.8 Å². The van der Waals surface area contributed by atoms with E-state index in [2.05, 4.69) is 0 Å². The summed E-state index contributed by atoms with van der Waals surface area (Å²) in [7, 11) is 0. The summed E-state index contributed by atoms with van der Waals surface area (Å²) < 4.78 is 13.0. The predicted molar refractivity (Wildman–Crippen MR) is 83.4 cm³/mol. The van der Waals surface area contributed by atoms with Gasteiger partial charge < -0.3 is 0 Å². The van der Waals surface area contributed by atoms with Crippen molar-refractivity contribution in [1.82, 2.24) is 0 Å². The number of benzene rings is 3. The first-order valence-corrected chi connectivity index (χ1v) is 6.97. The highest BCUT2D eigenvalue weighted by atomic mass is 35.5. The van der Waals surface area contributed by atoms with Gasteiger partial charge in [-0.1, -0.05) is 54.1 Å². The number of hydrogen-bond donors (Lipinski definition) is 0. The normalized spacial score (nSPS) is 10.8. The Balaban J connectivity index is 1.89. The minimum absolute atomic E-state index is 0.0331. The van der Waals surface area contributed by atoms with E-state index in [1.807, 2.05) is 42.5 Å². The van der Waals surface area contributed by atoms with Crippen LogP contribution in [0.5, 0.6) is 0 Å². The molecule has 21 heavy (non-hydrogen) atoms. The zero-order valence-corrected chi connectivity index (χ0v) is 11.9. The zero-order chi connectivity index (χ0) is 14.8. The number of carbonyl (C=O) groups excluding carboxylic acids is 1. The van der Waals surface area contributed by atoms with E-state index in [0.29, 0.717) is 11.1 Å². The van der Waals surface area contributed by atoms with Gasteiger partial charge in [-0.2, -0.15) is 0 Å². The predicted octanol–water partition coefficient (Wildman–Crippen LogP) is 5.06. The maximum Gasteiger partial charge on any atom is 0.167 e. The molecule has 0 saturated carbocycles. The number of Topliss-reactive ketones (excluding diaryl/α,β-unsaturated/α-hetero) is 1. The van der Waals surface area contributed by atoms with Crippen molar-refractivity contribution < 1.29 is 9.18 Å². The Kier molecular flexibility index (Phi) is 3.72. The van der Waals surface area contributed by atoms with Crippen molar-refractivity contribution in [2.75, 3.05) is 0 Å². The number of carbonyl (C=O) groups is 1. The van der Waals surface area contributed by atoms with Gasteiger partial charge in [0.2, 0.25) is 0 Å². The maximum absolute atomic E-state index is 13.0. The molecule has 0 amide bonds. The van der Waals surface area contributed by atoms with Crippen LogP contribution in [-0.4, -0.2) is 5.78 Å². The third kappa shape index (κ3) is 2.96. The lowest BCUT2D eigenvalue weighted by molar-refractivity contribution is 0.0993. The summed E-state index contributed by atoms with van der Waals surface area (Å²) in [5, 5.41) is 2.39. The molecule has 3 aromatic carbocycles. The van der Waals surface area contributed by atoms with Crippen molar-refractivity contribution in [3.05, 3.63) is 82.6 Å². The highest BCUT2D eigenvalue weighted by molar-refractivity contribution is 6.31. The Morgan fingerprint density at radius 3 is 2.48 bits per heavy atom. The lowest BCUT2D eigenvalue weighted by Crippen LogP contribution is -2.04. The highest BCUT2D eigenvalue weighted by Gasteiger charge is 2.11. The lowest BCUT2D eigenvalue weighted by atomic mass is 10.00. The van der Waals surface area contributed by atoms with Gasteiger partial charge in [0.05, 0.1) is 0 Å². The second kappa shape index (κ2) is 5.66. The van der Waals surface area contributed by atoms with Crippen molar-refractivity contribution in [1.29, 1.82) is 0 Å². The van der Waals surface area contributed by atoms with Crippen LogP contribution in [-0.2, 0) is 6.42 Å². The van der Waals surface area contributed by atoms with Gasteiger partial charge in [0.25, 0.3) is 0 Å². The minimum Gasteiger partial charge on any atom is -0.294 e. The van der Waals surface area contributed by atoms with Gasteiger partial charge >= 0.3 is 0 Å². The molecule has 3 rings (SSSR count). The van der Waals surface area contributed by atoms with E-state index in [1.165, 1.54) is 12.1 Å². The Hall–Kier alpha value is -2.19. The SMILES string of the molecule is O=C(Cc1ccc(F)cc1Cl)c1ccc2ccccc2c1. The summed E-state index contributed by atoms with van der Waals surface area (Å²) >= 11 is 5.96. The number of fused-ring (bicyclic) bond motifs is 1. The third-order valence-electron chi connectivity index (χ3n) is 3.44. The Morgan fingerprint density at radius 1 is 0.952 bits per heavy atom. The molecule has 0 aliphatic heterocycles. The number of hydrogen-bond acceptors (Lipinski definition) is 1. The van der Waals surface area contributed by atoms with Crippen LogP contribution < -0.4 is 0 Å². The van der Waals surface area contributed by atoms with Crippen molar-refractivity contribution in [3.8, 4) is 0 Å². The van der Waals surface area contributed by atoms with Crippen molar-refractivity contribution in [3.63, 3.8) is 0 Å². The molecule has 0 aliphatic carbocycles. The summed E-state index contributed by atoms with van der Waals surface area (Å²) in [6.45, 7) is 0. The standard InChI is InChI=1S/C18H12ClFO/c19-17-11-16(20)8-7-14(17)10-18(21)15-6-5-12-3-1-2-4-13(12)9-15/h1-9,11H,10H2. The van der Waals surface area contributed by atoms with Crippen LogP contribution in [0.15, 0.2) is 60.7 Å². The Morgan fingerprint density at radius 2 is 1.71 bits per heavy atom. The Bertz CT molecular complexity index is 826. The van der Waals surface area contributed by atoms with E-state index in [4.69, 9.17) is 11.6 Å². The topological polar surface area (TPSA) is 17.1 Å². The summed E-state index contributed by atoms with van der Waals surface area (Å²) in [6.07, 6.45) is 0.164. The van der Waals surface area contributed by atoms with Crippen LogP contribution in [0.4, 0.5) is 4.39 Å². The number of ketones is 1. The average Bonchev–Trinajstić information content (AvgIpc) is 2.49.